The molecule has 1 saturated carbocycles. The maximum atomic E-state index is 13.9. The van der Waals surface area contributed by atoms with Crippen LogP contribution in [0.4, 0.5) is 0 Å². The molecule has 0 amide bonds. The van der Waals surface area contributed by atoms with Gasteiger partial charge in [0.05, 0.1) is 16.7 Å². The Kier molecular flexibility index (Phi) is 3.63. The van der Waals surface area contributed by atoms with Crippen molar-refractivity contribution in [1.82, 2.24) is 0 Å². The second-order valence-corrected chi connectivity index (χ2v) is 9.51. The highest BCUT2D eigenvalue weighted by atomic mass is 32.2. The number of carbonyl (C=O) groups is 2. The van der Waals surface area contributed by atoms with E-state index in [-0.39, 0.29) is 23.4 Å². The van der Waals surface area contributed by atoms with Crippen molar-refractivity contribution < 1.29 is 13.8 Å². The molecule has 2 aromatic carbocycles. The van der Waals surface area contributed by atoms with Crippen molar-refractivity contribution in [2.45, 2.75) is 29.4 Å². The first-order chi connectivity index (χ1) is 13.0. The number of hydrogen-bond acceptors (Lipinski definition) is 3. The van der Waals surface area contributed by atoms with Crippen LogP contribution in [0, 0.1) is 24.7 Å². The number of aryl methyl sites for hydroxylation is 1. The minimum absolute atomic E-state index is 0.0193. The van der Waals surface area contributed by atoms with Crippen LogP contribution in [-0.2, 0) is 10.8 Å². The van der Waals surface area contributed by atoms with E-state index in [4.69, 9.17) is 0 Å². The van der Waals surface area contributed by atoms with Crippen molar-refractivity contribution in [2.75, 3.05) is 0 Å². The zero-order valence-corrected chi connectivity index (χ0v) is 15.9. The summed E-state index contributed by atoms with van der Waals surface area (Å²) in [6.07, 6.45) is 5.79. The van der Waals surface area contributed by atoms with Crippen LogP contribution < -0.4 is 0 Å². The molecule has 0 spiro atoms. The highest BCUT2D eigenvalue weighted by Gasteiger charge is 2.66. The van der Waals surface area contributed by atoms with Crippen LogP contribution in [0.1, 0.15) is 39.1 Å². The normalized spacial score (nSPS) is 32.1. The van der Waals surface area contributed by atoms with Crippen molar-refractivity contribution in [1.29, 1.82) is 0 Å². The molecule has 0 saturated heterocycles. The summed E-state index contributed by atoms with van der Waals surface area (Å²) in [5.74, 6) is -0.871. The molecule has 136 valence electrons. The summed E-state index contributed by atoms with van der Waals surface area (Å²) in [4.78, 5) is 27.9. The van der Waals surface area contributed by atoms with Crippen molar-refractivity contribution in [3.8, 4) is 0 Å². The Labute approximate surface area is 160 Å². The lowest BCUT2D eigenvalue weighted by Crippen LogP contribution is -2.65. The Morgan fingerprint density at radius 1 is 0.926 bits per heavy atom. The minimum Gasteiger partial charge on any atom is -0.294 e. The molecule has 0 aromatic heterocycles. The molecule has 0 N–H and O–H groups in total. The Bertz CT molecular complexity index is 1020. The van der Waals surface area contributed by atoms with Gasteiger partial charge in [-0.15, -0.1) is 0 Å². The van der Waals surface area contributed by atoms with E-state index in [1.54, 1.807) is 24.3 Å². The Morgan fingerprint density at radius 3 is 2.30 bits per heavy atom. The Morgan fingerprint density at radius 2 is 1.63 bits per heavy atom. The second kappa shape index (κ2) is 5.83. The van der Waals surface area contributed by atoms with Gasteiger partial charge in [-0.3, -0.25) is 13.8 Å². The molecule has 1 fully saturated rings. The van der Waals surface area contributed by atoms with E-state index >= 15 is 0 Å². The molecule has 6 rings (SSSR count). The van der Waals surface area contributed by atoms with Gasteiger partial charge in [0.2, 0.25) is 0 Å². The fourth-order valence-electron chi connectivity index (χ4n) is 5.19. The van der Waals surface area contributed by atoms with E-state index < -0.39 is 21.5 Å². The number of rotatable bonds is 2. The molecular weight excluding hydrogens is 356 g/mol. The fraction of sp³-hybridized carbons (Fsp3) is 0.304. The number of allylic oxidation sites excluding steroid dienone is 2. The third kappa shape index (κ3) is 2.10. The van der Waals surface area contributed by atoms with Crippen LogP contribution in [-0.4, -0.2) is 20.5 Å². The lowest BCUT2D eigenvalue weighted by atomic mass is 9.55. The summed E-state index contributed by atoms with van der Waals surface area (Å²) in [5.41, 5.74) is 2.00. The summed E-state index contributed by atoms with van der Waals surface area (Å²) < 4.78 is 12.7. The lowest BCUT2D eigenvalue weighted by molar-refractivity contribution is 0.0584. The van der Waals surface area contributed by atoms with E-state index in [0.717, 1.165) is 18.4 Å². The molecule has 4 aliphatic rings. The quantitative estimate of drug-likeness (QED) is 0.741. The van der Waals surface area contributed by atoms with E-state index in [1.807, 2.05) is 37.3 Å². The lowest BCUT2D eigenvalue weighted by Gasteiger charge is -2.53. The van der Waals surface area contributed by atoms with Gasteiger partial charge in [0.1, 0.15) is 4.75 Å². The minimum atomic E-state index is -1.59. The number of benzene rings is 2. The number of fused-ring (bicyclic) bond motifs is 2. The summed E-state index contributed by atoms with van der Waals surface area (Å²) in [5, 5.41) is 0. The van der Waals surface area contributed by atoms with Crippen molar-refractivity contribution in [3.63, 3.8) is 0 Å². The van der Waals surface area contributed by atoms with Gasteiger partial charge in [-0.1, -0.05) is 54.1 Å². The zero-order valence-electron chi connectivity index (χ0n) is 15.1. The predicted molar refractivity (Wildman–Crippen MR) is 104 cm³/mol. The van der Waals surface area contributed by atoms with Gasteiger partial charge in [0, 0.05) is 21.9 Å². The molecule has 27 heavy (non-hydrogen) atoms. The molecule has 2 aromatic rings. The maximum absolute atomic E-state index is 13.9. The van der Waals surface area contributed by atoms with Gasteiger partial charge in [-0.2, -0.15) is 0 Å². The number of carbonyl (C=O) groups excluding carboxylic acids is 2. The van der Waals surface area contributed by atoms with E-state index in [2.05, 4.69) is 6.08 Å². The van der Waals surface area contributed by atoms with Gasteiger partial charge in [0.15, 0.2) is 11.6 Å². The predicted octanol–water partition coefficient (Wildman–Crippen LogP) is 4.13. The largest absolute Gasteiger partial charge is 0.294 e. The van der Waals surface area contributed by atoms with Gasteiger partial charge < -0.3 is 0 Å². The molecule has 5 atom stereocenters. The average molecular weight is 376 g/mol. The van der Waals surface area contributed by atoms with E-state index in [9.17, 15) is 13.8 Å². The molecule has 2 bridgehead atoms. The number of ketones is 2. The molecule has 1 unspecified atom stereocenters. The van der Waals surface area contributed by atoms with E-state index in [1.165, 1.54) is 0 Å². The Hall–Kier alpha value is -2.33. The van der Waals surface area contributed by atoms with Crippen molar-refractivity contribution >= 4 is 22.4 Å². The van der Waals surface area contributed by atoms with Crippen LogP contribution in [0.3, 0.4) is 0 Å². The molecular formula is C23H20O3S. The standard InChI is InChI=1S/C23H20O3S/c1-14-6-12-17(13-7-14)27(26)23-16-10-8-15(9-11-16)20(23)21(24)18-4-2-3-5-19(18)22(23)25/h2-8,10,12-13,15-16,20H,9,11H2,1H3/t15-,16+,20+,23-,27?/m0/s1. The summed E-state index contributed by atoms with van der Waals surface area (Å²) >= 11 is 0. The first-order valence-corrected chi connectivity index (χ1v) is 10.5. The van der Waals surface area contributed by atoms with Gasteiger partial charge in [-0.05, 0) is 37.8 Å². The third-order valence-electron chi connectivity index (χ3n) is 6.46. The number of hydrogen-bond donors (Lipinski definition) is 0. The highest BCUT2D eigenvalue weighted by molar-refractivity contribution is 7.87. The van der Waals surface area contributed by atoms with Gasteiger partial charge in [0.25, 0.3) is 0 Å². The molecule has 4 heteroatoms. The highest BCUT2D eigenvalue weighted by Crippen LogP contribution is 2.56. The van der Waals surface area contributed by atoms with Crippen LogP contribution in [0.25, 0.3) is 0 Å². The molecule has 4 aliphatic carbocycles. The first kappa shape index (κ1) is 16.8. The third-order valence-corrected chi connectivity index (χ3v) is 8.51. The topological polar surface area (TPSA) is 51.2 Å². The van der Waals surface area contributed by atoms with Gasteiger partial charge in [-0.25, -0.2) is 0 Å². The molecule has 0 aliphatic heterocycles. The van der Waals surface area contributed by atoms with Crippen LogP contribution in [0.15, 0.2) is 65.6 Å². The Balaban J connectivity index is 1.77. The fourth-order valence-corrected chi connectivity index (χ4v) is 7.23. The van der Waals surface area contributed by atoms with Gasteiger partial charge >= 0.3 is 0 Å². The summed E-state index contributed by atoms with van der Waals surface area (Å²) in [6.45, 7) is 1.98. The van der Waals surface area contributed by atoms with Crippen LogP contribution >= 0.6 is 0 Å². The summed E-state index contributed by atoms with van der Waals surface area (Å²) in [7, 11) is -1.59. The molecule has 0 heterocycles. The van der Waals surface area contributed by atoms with E-state index in [0.29, 0.717) is 16.0 Å². The first-order valence-electron chi connectivity index (χ1n) is 9.40. The van der Waals surface area contributed by atoms with Crippen molar-refractivity contribution in [2.24, 2.45) is 17.8 Å². The van der Waals surface area contributed by atoms with Crippen molar-refractivity contribution in [3.05, 3.63) is 77.4 Å². The zero-order chi connectivity index (χ0) is 18.8. The van der Waals surface area contributed by atoms with Crippen LogP contribution in [0.2, 0.25) is 0 Å². The number of Topliss-reactive ketones (excluding diaryl/α,β-unsaturated/α-hetero) is 2. The molecule has 0 radical (unpaired) electrons. The molecule has 3 nitrogen and oxygen atoms in total. The second-order valence-electron chi connectivity index (χ2n) is 7.82. The smallest absolute Gasteiger partial charge is 0.183 e. The summed E-state index contributed by atoms with van der Waals surface area (Å²) in [6, 6.07) is 14.5. The van der Waals surface area contributed by atoms with Crippen LogP contribution in [0.5, 0.6) is 0 Å². The SMILES string of the molecule is Cc1ccc(S(=O)[C@]23C(=O)c4ccccc4C(=O)[C@H]2[C@H]2C=C[C@@H]3CC2)cc1. The maximum Gasteiger partial charge on any atom is 0.183 e. The average Bonchev–Trinajstić information content (AvgIpc) is 2.72. The monoisotopic (exact) mass is 376 g/mol.